The van der Waals surface area contributed by atoms with Crippen LogP contribution >= 0.6 is 0 Å². The zero-order valence-corrected chi connectivity index (χ0v) is 18.6. The monoisotopic (exact) mass is 429 g/mol. The van der Waals surface area contributed by atoms with E-state index in [0.717, 1.165) is 28.0 Å². The maximum absolute atomic E-state index is 11.6. The Bertz CT molecular complexity index is 855. The van der Waals surface area contributed by atoms with Gasteiger partial charge in [-0.3, -0.25) is 0 Å². The third-order valence-corrected chi connectivity index (χ3v) is 4.79. The van der Waals surface area contributed by atoms with Crippen LogP contribution in [-0.4, -0.2) is 50.1 Å². The number of carbonyl (C=O) groups excluding carboxylic acids is 2. The highest BCUT2D eigenvalue weighted by Crippen LogP contribution is 2.30. The van der Waals surface area contributed by atoms with E-state index in [1.165, 1.54) is 7.11 Å². The van der Waals surface area contributed by atoms with E-state index in [2.05, 4.69) is 5.32 Å². The molecule has 0 radical (unpaired) electrons. The van der Waals surface area contributed by atoms with E-state index in [1.807, 2.05) is 38.1 Å². The topological polar surface area (TPSA) is 94.1 Å². The first-order chi connectivity index (χ1) is 14.8. The molecular weight excluding hydrogens is 398 g/mol. The van der Waals surface area contributed by atoms with Crippen LogP contribution in [0.15, 0.2) is 36.4 Å². The van der Waals surface area contributed by atoms with Crippen molar-refractivity contribution in [3.63, 3.8) is 0 Å². The second-order valence-electron chi connectivity index (χ2n) is 7.25. The van der Waals surface area contributed by atoms with E-state index in [1.54, 1.807) is 19.1 Å². The van der Waals surface area contributed by atoms with Crippen molar-refractivity contribution < 1.29 is 28.9 Å². The highest BCUT2D eigenvalue weighted by molar-refractivity contribution is 5.90. The standard InChI is InChI=1S/C24H31NO6/c1-5-30-24(28)25-15-21(26)7-6-12-31-22-16(2)13-20(14-17(22)3)18-8-10-19(11-9-18)23(27)29-4/h8-11,13-14,21,26H,5-7,12,15H2,1-4H3,(H,25,28). The van der Waals surface area contributed by atoms with Gasteiger partial charge < -0.3 is 24.6 Å². The maximum Gasteiger partial charge on any atom is 0.407 e. The highest BCUT2D eigenvalue weighted by atomic mass is 16.5. The Morgan fingerprint density at radius 2 is 1.71 bits per heavy atom. The molecule has 0 aliphatic carbocycles. The molecule has 0 spiro atoms. The van der Waals surface area contributed by atoms with E-state index in [4.69, 9.17) is 14.2 Å². The molecule has 7 nitrogen and oxygen atoms in total. The smallest absolute Gasteiger partial charge is 0.407 e. The third-order valence-electron chi connectivity index (χ3n) is 4.79. The lowest BCUT2D eigenvalue weighted by molar-refractivity contribution is 0.0600. The molecule has 7 heteroatoms. The lowest BCUT2D eigenvalue weighted by Crippen LogP contribution is -2.32. The fourth-order valence-corrected chi connectivity index (χ4v) is 3.24. The van der Waals surface area contributed by atoms with Crippen molar-refractivity contribution in [2.24, 2.45) is 0 Å². The van der Waals surface area contributed by atoms with Gasteiger partial charge in [-0.1, -0.05) is 12.1 Å². The average Bonchev–Trinajstić information content (AvgIpc) is 2.76. The van der Waals surface area contributed by atoms with Gasteiger partial charge >= 0.3 is 12.1 Å². The van der Waals surface area contributed by atoms with Crippen molar-refractivity contribution in [3.8, 4) is 16.9 Å². The van der Waals surface area contributed by atoms with Crippen LogP contribution in [0, 0.1) is 13.8 Å². The Morgan fingerprint density at radius 3 is 2.29 bits per heavy atom. The maximum atomic E-state index is 11.6. The first-order valence-electron chi connectivity index (χ1n) is 10.4. The number of nitrogens with one attached hydrogen (secondary N) is 1. The largest absolute Gasteiger partial charge is 0.493 e. The van der Waals surface area contributed by atoms with Gasteiger partial charge in [0.15, 0.2) is 0 Å². The Labute approximate surface area is 183 Å². The zero-order chi connectivity index (χ0) is 22.8. The molecule has 31 heavy (non-hydrogen) atoms. The summed E-state index contributed by atoms with van der Waals surface area (Å²) in [6.07, 6.45) is -0.00854. The molecule has 0 aliphatic rings. The molecule has 2 aromatic rings. The molecule has 0 heterocycles. The minimum atomic E-state index is -0.648. The number of aliphatic hydroxyl groups excluding tert-OH is 1. The quantitative estimate of drug-likeness (QED) is 0.438. The molecule has 0 aliphatic heterocycles. The molecule has 0 fully saturated rings. The Kier molecular flexibility index (Phi) is 9.34. The Balaban J connectivity index is 1.89. The summed E-state index contributed by atoms with van der Waals surface area (Å²) in [6, 6.07) is 11.4. The number of benzene rings is 2. The molecule has 0 saturated heterocycles. The number of aliphatic hydroxyl groups is 1. The minimum Gasteiger partial charge on any atom is -0.493 e. The van der Waals surface area contributed by atoms with Crippen LogP contribution in [0.25, 0.3) is 11.1 Å². The fourth-order valence-electron chi connectivity index (χ4n) is 3.24. The number of hydrogen-bond donors (Lipinski definition) is 2. The number of methoxy groups -OCH3 is 1. The molecule has 1 unspecified atom stereocenters. The van der Waals surface area contributed by atoms with Crippen molar-refractivity contribution >= 4 is 12.1 Å². The van der Waals surface area contributed by atoms with E-state index in [0.29, 0.717) is 31.6 Å². The summed E-state index contributed by atoms with van der Waals surface area (Å²) in [5.74, 6) is 0.471. The van der Waals surface area contributed by atoms with Crippen LogP contribution in [0.3, 0.4) is 0 Å². The fraction of sp³-hybridized carbons (Fsp3) is 0.417. The predicted octanol–water partition coefficient (Wildman–Crippen LogP) is 4.02. The first-order valence-corrected chi connectivity index (χ1v) is 10.4. The van der Waals surface area contributed by atoms with Crippen LogP contribution < -0.4 is 10.1 Å². The molecule has 2 aromatic carbocycles. The van der Waals surface area contributed by atoms with Crippen molar-refractivity contribution in [3.05, 3.63) is 53.1 Å². The molecule has 2 rings (SSSR count). The van der Waals surface area contributed by atoms with E-state index in [9.17, 15) is 14.7 Å². The van der Waals surface area contributed by atoms with Gasteiger partial charge in [-0.2, -0.15) is 0 Å². The number of aryl methyl sites for hydroxylation is 2. The number of rotatable bonds is 10. The molecule has 168 valence electrons. The van der Waals surface area contributed by atoms with Crippen molar-refractivity contribution in [1.82, 2.24) is 5.32 Å². The van der Waals surface area contributed by atoms with Gasteiger partial charge in [0.05, 0.1) is 32.0 Å². The molecular formula is C24H31NO6. The van der Waals surface area contributed by atoms with Crippen LogP contribution in [0.1, 0.15) is 41.3 Å². The normalized spacial score (nSPS) is 11.5. The molecule has 2 N–H and O–H groups in total. The summed E-state index contributed by atoms with van der Waals surface area (Å²) in [5.41, 5.74) is 4.58. The molecule has 0 aromatic heterocycles. The third kappa shape index (κ3) is 7.29. The summed E-state index contributed by atoms with van der Waals surface area (Å²) < 4.78 is 15.4. The number of carbonyl (C=O) groups is 2. The van der Waals surface area contributed by atoms with Crippen molar-refractivity contribution in [2.75, 3.05) is 26.9 Å². The SMILES string of the molecule is CCOC(=O)NCC(O)CCCOc1c(C)cc(-c2ccc(C(=O)OC)cc2)cc1C. The van der Waals surface area contributed by atoms with Gasteiger partial charge in [0, 0.05) is 6.54 Å². The predicted molar refractivity (Wildman–Crippen MR) is 118 cm³/mol. The van der Waals surface area contributed by atoms with Crippen LogP contribution in [0.5, 0.6) is 5.75 Å². The van der Waals surface area contributed by atoms with Crippen LogP contribution in [-0.2, 0) is 9.47 Å². The number of amides is 1. The summed E-state index contributed by atoms with van der Waals surface area (Å²) in [7, 11) is 1.36. The van der Waals surface area contributed by atoms with E-state index < -0.39 is 12.2 Å². The van der Waals surface area contributed by atoms with Gasteiger partial charge in [-0.15, -0.1) is 0 Å². The van der Waals surface area contributed by atoms with Crippen LogP contribution in [0.4, 0.5) is 4.79 Å². The molecule has 0 bridgehead atoms. The summed E-state index contributed by atoms with van der Waals surface area (Å²) >= 11 is 0. The van der Waals surface area contributed by atoms with E-state index in [-0.39, 0.29) is 12.5 Å². The number of hydrogen-bond acceptors (Lipinski definition) is 6. The summed E-state index contributed by atoms with van der Waals surface area (Å²) in [4.78, 5) is 22.8. The van der Waals surface area contributed by atoms with Crippen molar-refractivity contribution in [2.45, 2.75) is 39.7 Å². The van der Waals surface area contributed by atoms with Crippen LogP contribution in [0.2, 0.25) is 0 Å². The second-order valence-corrected chi connectivity index (χ2v) is 7.25. The molecule has 1 amide bonds. The van der Waals surface area contributed by atoms with Gasteiger partial charge in [0.2, 0.25) is 0 Å². The lowest BCUT2D eigenvalue weighted by atomic mass is 9.99. The second kappa shape index (κ2) is 12.0. The molecule has 0 saturated carbocycles. The average molecular weight is 430 g/mol. The Morgan fingerprint density at radius 1 is 1.06 bits per heavy atom. The number of ether oxygens (including phenoxy) is 3. The summed E-state index contributed by atoms with van der Waals surface area (Å²) in [6.45, 7) is 6.63. The van der Waals surface area contributed by atoms with Gasteiger partial charge in [0.1, 0.15) is 5.75 Å². The Hall–Kier alpha value is -3.06. The summed E-state index contributed by atoms with van der Waals surface area (Å²) in [5, 5.41) is 12.5. The molecule has 1 atom stereocenters. The first kappa shape index (κ1) is 24.2. The lowest BCUT2D eigenvalue weighted by Gasteiger charge is -2.16. The zero-order valence-electron chi connectivity index (χ0n) is 18.6. The number of esters is 1. The van der Waals surface area contributed by atoms with Crippen molar-refractivity contribution in [1.29, 1.82) is 0 Å². The van der Waals surface area contributed by atoms with E-state index >= 15 is 0 Å². The highest BCUT2D eigenvalue weighted by Gasteiger charge is 2.11. The minimum absolute atomic E-state index is 0.153. The van der Waals surface area contributed by atoms with Gasteiger partial charge in [-0.05, 0) is 80.1 Å². The number of alkyl carbamates (subject to hydrolysis) is 1. The van der Waals surface area contributed by atoms with Gasteiger partial charge in [-0.25, -0.2) is 9.59 Å². The van der Waals surface area contributed by atoms with Gasteiger partial charge in [0.25, 0.3) is 0 Å².